The molecule has 4 heteroatoms. The Morgan fingerprint density at radius 1 is 1.37 bits per heavy atom. The summed E-state index contributed by atoms with van der Waals surface area (Å²) in [5.41, 5.74) is 0.707. The van der Waals surface area contributed by atoms with Gasteiger partial charge in [0, 0.05) is 19.2 Å². The second-order valence-electron chi connectivity index (χ2n) is 5.32. The predicted octanol–water partition coefficient (Wildman–Crippen LogP) is 1.97. The molecule has 1 amide bonds. The van der Waals surface area contributed by atoms with Crippen LogP contribution in [0.1, 0.15) is 36.7 Å². The Morgan fingerprint density at radius 2 is 1.95 bits per heavy atom. The van der Waals surface area contributed by atoms with E-state index in [1.807, 2.05) is 26.0 Å². The zero-order valence-electron chi connectivity index (χ0n) is 12.1. The fourth-order valence-corrected chi connectivity index (χ4v) is 1.48. The highest BCUT2D eigenvalue weighted by Gasteiger charge is 2.25. The molecule has 106 valence electrons. The maximum Gasteiger partial charge on any atom is 0.251 e. The van der Waals surface area contributed by atoms with Gasteiger partial charge in [0.15, 0.2) is 0 Å². The van der Waals surface area contributed by atoms with Crippen LogP contribution in [-0.2, 0) is 11.3 Å². The van der Waals surface area contributed by atoms with Crippen LogP contribution in [0, 0.1) is 5.92 Å². The summed E-state index contributed by atoms with van der Waals surface area (Å²) in [5, 5.41) is 12.8. The standard InChI is InChI=1S/C15H23NO3/c1-11(2)15(3,18)10-16-14(17)13-7-5-12(6-8-13)9-19-4/h5-8,11,18H,9-10H2,1-4H3,(H,16,17). The Hall–Kier alpha value is -1.39. The molecule has 2 N–H and O–H groups in total. The van der Waals surface area contributed by atoms with Crippen molar-refractivity contribution < 1.29 is 14.6 Å². The van der Waals surface area contributed by atoms with Crippen molar-refractivity contribution in [2.75, 3.05) is 13.7 Å². The van der Waals surface area contributed by atoms with Crippen LogP contribution in [0.15, 0.2) is 24.3 Å². The smallest absolute Gasteiger partial charge is 0.251 e. The molecule has 0 bridgehead atoms. The Labute approximate surface area is 114 Å². The first kappa shape index (κ1) is 15.7. The van der Waals surface area contributed by atoms with Gasteiger partial charge >= 0.3 is 0 Å². The van der Waals surface area contributed by atoms with Crippen molar-refractivity contribution in [1.82, 2.24) is 5.32 Å². The van der Waals surface area contributed by atoms with E-state index in [2.05, 4.69) is 5.32 Å². The molecule has 1 aromatic rings. The average molecular weight is 265 g/mol. The van der Waals surface area contributed by atoms with Gasteiger partial charge in [-0.05, 0) is 30.5 Å². The fourth-order valence-electron chi connectivity index (χ4n) is 1.48. The van der Waals surface area contributed by atoms with Crippen molar-refractivity contribution in [3.8, 4) is 0 Å². The number of benzene rings is 1. The van der Waals surface area contributed by atoms with Gasteiger partial charge in [0.2, 0.25) is 0 Å². The lowest BCUT2D eigenvalue weighted by Crippen LogP contribution is -2.44. The van der Waals surface area contributed by atoms with E-state index >= 15 is 0 Å². The first-order chi connectivity index (χ1) is 8.86. The molecule has 1 atom stereocenters. The Bertz CT molecular complexity index is 410. The molecule has 0 aliphatic rings. The molecule has 4 nitrogen and oxygen atoms in total. The highest BCUT2D eigenvalue weighted by atomic mass is 16.5. The molecule has 0 fully saturated rings. The van der Waals surface area contributed by atoms with Crippen molar-refractivity contribution in [3.63, 3.8) is 0 Å². The normalized spacial score (nSPS) is 14.2. The summed E-state index contributed by atoms with van der Waals surface area (Å²) in [6.45, 7) is 6.34. The first-order valence-electron chi connectivity index (χ1n) is 6.45. The third-order valence-electron chi connectivity index (χ3n) is 3.38. The molecule has 0 aromatic heterocycles. The Kier molecular flexibility index (Phi) is 5.51. The van der Waals surface area contributed by atoms with Crippen LogP contribution < -0.4 is 5.32 Å². The van der Waals surface area contributed by atoms with Crippen molar-refractivity contribution in [2.45, 2.75) is 33.0 Å². The largest absolute Gasteiger partial charge is 0.388 e. The molecule has 19 heavy (non-hydrogen) atoms. The number of methoxy groups -OCH3 is 1. The number of rotatable bonds is 6. The average Bonchev–Trinajstić information content (AvgIpc) is 2.37. The van der Waals surface area contributed by atoms with Crippen molar-refractivity contribution in [1.29, 1.82) is 0 Å². The highest BCUT2D eigenvalue weighted by molar-refractivity contribution is 5.94. The van der Waals surface area contributed by atoms with Crippen LogP contribution >= 0.6 is 0 Å². The third-order valence-corrected chi connectivity index (χ3v) is 3.38. The van der Waals surface area contributed by atoms with Gasteiger partial charge in [0.1, 0.15) is 0 Å². The zero-order chi connectivity index (χ0) is 14.5. The number of hydrogen-bond donors (Lipinski definition) is 2. The number of carbonyl (C=O) groups is 1. The van der Waals surface area contributed by atoms with Gasteiger partial charge in [0.05, 0.1) is 12.2 Å². The monoisotopic (exact) mass is 265 g/mol. The topological polar surface area (TPSA) is 58.6 Å². The van der Waals surface area contributed by atoms with Crippen LogP contribution in [0.3, 0.4) is 0 Å². The molecule has 0 aliphatic heterocycles. The van der Waals surface area contributed by atoms with Gasteiger partial charge in [-0.15, -0.1) is 0 Å². The van der Waals surface area contributed by atoms with E-state index < -0.39 is 5.60 Å². The Balaban J connectivity index is 2.59. The second kappa shape index (κ2) is 6.68. The molecule has 0 aliphatic carbocycles. The quantitative estimate of drug-likeness (QED) is 0.826. The van der Waals surface area contributed by atoms with E-state index in [4.69, 9.17) is 4.74 Å². The lowest BCUT2D eigenvalue weighted by Gasteiger charge is -2.27. The number of aliphatic hydroxyl groups is 1. The number of hydrogen-bond acceptors (Lipinski definition) is 3. The van der Waals surface area contributed by atoms with E-state index in [-0.39, 0.29) is 18.4 Å². The van der Waals surface area contributed by atoms with Crippen molar-refractivity contribution in [2.24, 2.45) is 5.92 Å². The SMILES string of the molecule is COCc1ccc(C(=O)NCC(C)(O)C(C)C)cc1. The summed E-state index contributed by atoms with van der Waals surface area (Å²) >= 11 is 0. The molecule has 1 rings (SSSR count). The van der Waals surface area contributed by atoms with Gasteiger partial charge in [-0.25, -0.2) is 0 Å². The molecule has 0 spiro atoms. The molecule has 1 aromatic carbocycles. The summed E-state index contributed by atoms with van der Waals surface area (Å²) in [5.74, 6) is -0.0956. The number of nitrogens with one attached hydrogen (secondary N) is 1. The van der Waals surface area contributed by atoms with Crippen LogP contribution in [0.5, 0.6) is 0 Å². The van der Waals surface area contributed by atoms with Gasteiger partial charge in [-0.2, -0.15) is 0 Å². The summed E-state index contributed by atoms with van der Waals surface area (Å²) in [6, 6.07) is 7.24. The maximum atomic E-state index is 11.9. The van der Waals surface area contributed by atoms with Crippen LogP contribution in [0.2, 0.25) is 0 Å². The molecular formula is C15H23NO3. The second-order valence-corrected chi connectivity index (χ2v) is 5.32. The fraction of sp³-hybridized carbons (Fsp3) is 0.533. The summed E-state index contributed by atoms with van der Waals surface area (Å²) in [6.07, 6.45) is 0. The van der Waals surface area contributed by atoms with Crippen LogP contribution in [0.25, 0.3) is 0 Å². The maximum absolute atomic E-state index is 11.9. The zero-order valence-corrected chi connectivity index (χ0v) is 12.1. The molecule has 0 saturated heterocycles. The summed E-state index contributed by atoms with van der Waals surface area (Å²) in [4.78, 5) is 11.9. The van der Waals surface area contributed by atoms with E-state index in [9.17, 15) is 9.90 Å². The van der Waals surface area contributed by atoms with E-state index in [0.717, 1.165) is 5.56 Å². The van der Waals surface area contributed by atoms with E-state index in [1.54, 1.807) is 26.2 Å². The molecular weight excluding hydrogens is 242 g/mol. The lowest BCUT2D eigenvalue weighted by atomic mass is 9.92. The van der Waals surface area contributed by atoms with Crippen LogP contribution in [0.4, 0.5) is 0 Å². The van der Waals surface area contributed by atoms with Gasteiger partial charge in [0.25, 0.3) is 5.91 Å². The predicted molar refractivity (Wildman–Crippen MR) is 75.0 cm³/mol. The van der Waals surface area contributed by atoms with E-state index in [0.29, 0.717) is 12.2 Å². The summed E-state index contributed by atoms with van der Waals surface area (Å²) < 4.78 is 5.01. The summed E-state index contributed by atoms with van der Waals surface area (Å²) in [7, 11) is 1.63. The first-order valence-corrected chi connectivity index (χ1v) is 6.45. The molecule has 0 heterocycles. The number of carbonyl (C=O) groups excluding carboxylic acids is 1. The van der Waals surface area contributed by atoms with Gasteiger partial charge < -0.3 is 15.2 Å². The molecule has 0 radical (unpaired) electrons. The van der Waals surface area contributed by atoms with Crippen molar-refractivity contribution >= 4 is 5.91 Å². The van der Waals surface area contributed by atoms with Gasteiger partial charge in [-0.1, -0.05) is 26.0 Å². The molecule has 1 unspecified atom stereocenters. The number of amides is 1. The minimum absolute atomic E-state index is 0.0804. The van der Waals surface area contributed by atoms with E-state index in [1.165, 1.54) is 0 Å². The molecule has 0 saturated carbocycles. The lowest BCUT2D eigenvalue weighted by molar-refractivity contribution is 0.0142. The Morgan fingerprint density at radius 3 is 2.42 bits per heavy atom. The third kappa shape index (κ3) is 4.65. The highest BCUT2D eigenvalue weighted by Crippen LogP contribution is 2.14. The van der Waals surface area contributed by atoms with Crippen LogP contribution in [-0.4, -0.2) is 30.3 Å². The minimum Gasteiger partial charge on any atom is -0.388 e. The van der Waals surface area contributed by atoms with Gasteiger partial charge in [-0.3, -0.25) is 4.79 Å². The number of ether oxygens (including phenoxy) is 1. The minimum atomic E-state index is -0.897. The van der Waals surface area contributed by atoms with Crippen molar-refractivity contribution in [3.05, 3.63) is 35.4 Å².